The largest absolute Gasteiger partial charge is 0.339 e. The summed E-state index contributed by atoms with van der Waals surface area (Å²) < 4.78 is 0. The molecule has 0 aromatic heterocycles. The van der Waals surface area contributed by atoms with Gasteiger partial charge in [-0.25, -0.2) is 0 Å². The molecule has 1 aliphatic rings. The van der Waals surface area contributed by atoms with Gasteiger partial charge in [-0.3, -0.25) is 4.79 Å². The van der Waals surface area contributed by atoms with Gasteiger partial charge in [0.1, 0.15) is 0 Å². The predicted octanol–water partition coefficient (Wildman–Crippen LogP) is 2.66. The third kappa shape index (κ3) is 3.47. The van der Waals surface area contributed by atoms with Crippen LogP contribution < -0.4 is 5.32 Å². The van der Waals surface area contributed by atoms with Crippen molar-refractivity contribution in [1.29, 1.82) is 0 Å². The second-order valence-corrected chi connectivity index (χ2v) is 6.36. The van der Waals surface area contributed by atoms with E-state index in [0.717, 1.165) is 38.9 Å². The molecular weight excluding hydrogens is 224 g/mol. The van der Waals surface area contributed by atoms with Gasteiger partial charge in [-0.1, -0.05) is 20.8 Å². The van der Waals surface area contributed by atoms with Crippen LogP contribution in [0.4, 0.5) is 0 Å². The molecular formula is C15H30N2O. The monoisotopic (exact) mass is 254 g/mol. The number of nitrogens with zero attached hydrogens (tertiary/aromatic N) is 1. The molecule has 1 unspecified atom stereocenters. The number of piperidine rings is 1. The van der Waals surface area contributed by atoms with E-state index in [2.05, 4.69) is 44.8 Å². The highest BCUT2D eigenvalue weighted by atomic mass is 16.2. The second-order valence-electron chi connectivity index (χ2n) is 6.36. The number of carbonyl (C=O) groups excluding carboxylic acids is 1. The van der Waals surface area contributed by atoms with Crippen LogP contribution in [0.5, 0.6) is 0 Å². The summed E-state index contributed by atoms with van der Waals surface area (Å²) in [6.45, 7) is 13.5. The summed E-state index contributed by atoms with van der Waals surface area (Å²) in [7, 11) is 0. The van der Waals surface area contributed by atoms with Gasteiger partial charge in [0.05, 0.1) is 5.41 Å². The summed E-state index contributed by atoms with van der Waals surface area (Å²) in [6.07, 6.45) is 3.10. The Bertz CT molecular complexity index is 268. The molecule has 0 bridgehead atoms. The Morgan fingerprint density at radius 3 is 2.39 bits per heavy atom. The zero-order valence-corrected chi connectivity index (χ0v) is 12.8. The summed E-state index contributed by atoms with van der Waals surface area (Å²) in [6, 6.07) is 0.297. The average Bonchev–Trinajstić information content (AvgIpc) is 2.35. The molecule has 1 atom stereocenters. The molecule has 1 rings (SSSR count). The average molecular weight is 254 g/mol. The van der Waals surface area contributed by atoms with Crippen LogP contribution in [0.25, 0.3) is 0 Å². The van der Waals surface area contributed by atoms with Crippen LogP contribution in [0.3, 0.4) is 0 Å². The van der Waals surface area contributed by atoms with Crippen LogP contribution in [-0.4, -0.2) is 36.5 Å². The lowest BCUT2D eigenvalue weighted by Crippen LogP contribution is -2.54. The van der Waals surface area contributed by atoms with Crippen molar-refractivity contribution in [2.24, 2.45) is 11.3 Å². The smallest absolute Gasteiger partial charge is 0.230 e. The fourth-order valence-electron chi connectivity index (χ4n) is 2.83. The molecule has 3 heteroatoms. The van der Waals surface area contributed by atoms with E-state index in [1.807, 2.05) is 0 Å². The molecule has 3 nitrogen and oxygen atoms in total. The van der Waals surface area contributed by atoms with E-state index >= 15 is 0 Å². The van der Waals surface area contributed by atoms with Crippen molar-refractivity contribution in [2.45, 2.75) is 59.9 Å². The second kappa shape index (κ2) is 6.55. The molecule has 106 valence electrons. The fraction of sp³-hybridized carbons (Fsp3) is 0.933. The molecule has 1 heterocycles. The molecule has 1 aliphatic heterocycles. The van der Waals surface area contributed by atoms with E-state index in [4.69, 9.17) is 0 Å². The van der Waals surface area contributed by atoms with Crippen LogP contribution in [-0.2, 0) is 4.79 Å². The Morgan fingerprint density at radius 1 is 1.33 bits per heavy atom. The van der Waals surface area contributed by atoms with Gasteiger partial charge in [0.15, 0.2) is 0 Å². The van der Waals surface area contributed by atoms with Crippen molar-refractivity contribution in [3.63, 3.8) is 0 Å². The van der Waals surface area contributed by atoms with Crippen LogP contribution in [0.1, 0.15) is 53.9 Å². The summed E-state index contributed by atoms with van der Waals surface area (Å²) >= 11 is 0. The number of nitrogens with one attached hydrogen (secondary N) is 1. The first-order valence-electron chi connectivity index (χ1n) is 7.44. The Kier molecular flexibility index (Phi) is 5.64. The predicted molar refractivity (Wildman–Crippen MR) is 76.5 cm³/mol. The highest BCUT2D eigenvalue weighted by molar-refractivity contribution is 5.83. The standard InChI is InChI=1S/C15H30N2O/c1-6-15(8-7-9-16-11-15)14(18)17(13(4)5)10-12(2)3/h12-13,16H,6-11H2,1-5H3. The topological polar surface area (TPSA) is 32.3 Å². The maximum Gasteiger partial charge on any atom is 0.230 e. The van der Waals surface area contributed by atoms with Gasteiger partial charge in [0.25, 0.3) is 0 Å². The highest BCUT2D eigenvalue weighted by Crippen LogP contribution is 2.33. The molecule has 1 saturated heterocycles. The number of carbonyl (C=O) groups is 1. The zero-order chi connectivity index (χ0) is 13.8. The van der Waals surface area contributed by atoms with Crippen LogP contribution in [0.2, 0.25) is 0 Å². The minimum atomic E-state index is -0.155. The Labute approximate surface area is 112 Å². The van der Waals surface area contributed by atoms with Crippen LogP contribution in [0.15, 0.2) is 0 Å². The molecule has 1 amide bonds. The Morgan fingerprint density at radius 2 is 2.00 bits per heavy atom. The molecule has 1 fully saturated rings. The molecule has 0 radical (unpaired) electrons. The SMILES string of the molecule is CCC1(C(=O)N(CC(C)C)C(C)C)CCCNC1. The fourth-order valence-corrected chi connectivity index (χ4v) is 2.83. The first-order chi connectivity index (χ1) is 8.43. The van der Waals surface area contributed by atoms with E-state index < -0.39 is 0 Å². The Hall–Kier alpha value is -0.570. The number of rotatable bonds is 5. The zero-order valence-electron chi connectivity index (χ0n) is 12.8. The van der Waals surface area contributed by atoms with Gasteiger partial charge in [-0.15, -0.1) is 0 Å². The van der Waals surface area contributed by atoms with Crippen molar-refractivity contribution in [1.82, 2.24) is 10.2 Å². The molecule has 0 spiro atoms. The van der Waals surface area contributed by atoms with Crippen molar-refractivity contribution < 1.29 is 4.79 Å². The van der Waals surface area contributed by atoms with Gasteiger partial charge in [-0.2, -0.15) is 0 Å². The first kappa shape index (κ1) is 15.5. The van der Waals surface area contributed by atoms with Crippen molar-refractivity contribution in [2.75, 3.05) is 19.6 Å². The van der Waals surface area contributed by atoms with E-state index in [-0.39, 0.29) is 5.41 Å². The van der Waals surface area contributed by atoms with E-state index in [0.29, 0.717) is 17.9 Å². The molecule has 0 aromatic rings. The van der Waals surface area contributed by atoms with E-state index in [1.165, 1.54) is 0 Å². The molecule has 0 saturated carbocycles. The lowest BCUT2D eigenvalue weighted by atomic mass is 9.76. The van der Waals surface area contributed by atoms with E-state index in [1.54, 1.807) is 0 Å². The quantitative estimate of drug-likeness (QED) is 0.818. The van der Waals surface area contributed by atoms with Crippen molar-refractivity contribution in [3.05, 3.63) is 0 Å². The van der Waals surface area contributed by atoms with Crippen molar-refractivity contribution in [3.8, 4) is 0 Å². The lowest BCUT2D eigenvalue weighted by molar-refractivity contribution is -0.146. The summed E-state index contributed by atoms with van der Waals surface area (Å²) in [5.41, 5.74) is -0.155. The number of amides is 1. The van der Waals surface area contributed by atoms with E-state index in [9.17, 15) is 4.79 Å². The Balaban J connectivity index is 2.85. The summed E-state index contributed by atoms with van der Waals surface area (Å²) in [4.78, 5) is 15.0. The van der Waals surface area contributed by atoms with Gasteiger partial charge < -0.3 is 10.2 Å². The summed E-state index contributed by atoms with van der Waals surface area (Å²) in [5, 5.41) is 3.41. The minimum Gasteiger partial charge on any atom is -0.339 e. The maximum absolute atomic E-state index is 12.9. The maximum atomic E-state index is 12.9. The third-order valence-electron chi connectivity index (χ3n) is 4.05. The van der Waals surface area contributed by atoms with Crippen molar-refractivity contribution >= 4 is 5.91 Å². The molecule has 0 aliphatic carbocycles. The van der Waals surface area contributed by atoms with Gasteiger partial charge >= 0.3 is 0 Å². The number of hydrogen-bond donors (Lipinski definition) is 1. The first-order valence-corrected chi connectivity index (χ1v) is 7.44. The lowest BCUT2D eigenvalue weighted by Gasteiger charge is -2.41. The van der Waals surface area contributed by atoms with Gasteiger partial charge in [-0.05, 0) is 45.6 Å². The highest BCUT2D eigenvalue weighted by Gasteiger charge is 2.41. The minimum absolute atomic E-state index is 0.155. The summed E-state index contributed by atoms with van der Waals surface area (Å²) in [5.74, 6) is 0.891. The molecule has 1 N–H and O–H groups in total. The van der Waals surface area contributed by atoms with Gasteiger partial charge in [0, 0.05) is 19.1 Å². The van der Waals surface area contributed by atoms with Gasteiger partial charge in [0.2, 0.25) is 5.91 Å². The molecule has 18 heavy (non-hydrogen) atoms. The third-order valence-corrected chi connectivity index (χ3v) is 4.05. The molecule has 0 aromatic carbocycles. The normalized spacial score (nSPS) is 24.6. The number of hydrogen-bond acceptors (Lipinski definition) is 2. The van der Waals surface area contributed by atoms with Crippen LogP contribution in [0, 0.1) is 11.3 Å². The van der Waals surface area contributed by atoms with Crippen LogP contribution >= 0.6 is 0 Å².